The Morgan fingerprint density at radius 2 is 0.960 bits per heavy atom. The number of H-pyrrole nitrogens is 1. The van der Waals surface area contributed by atoms with Crippen LogP contribution in [0.2, 0.25) is 13.0 Å². The summed E-state index contributed by atoms with van der Waals surface area (Å²) in [5.41, 5.74) is -1.40. The van der Waals surface area contributed by atoms with Gasteiger partial charge in [0.05, 0.1) is 87.6 Å². The van der Waals surface area contributed by atoms with Gasteiger partial charge in [-0.1, -0.05) is 77.3 Å². The van der Waals surface area contributed by atoms with E-state index >= 15 is 0 Å². The van der Waals surface area contributed by atoms with Crippen LogP contribution >= 0.6 is 146 Å². The third-order valence-electron chi connectivity index (χ3n) is 15.2. The van der Waals surface area contributed by atoms with Crippen molar-refractivity contribution in [2.45, 2.75) is 115 Å². The largest absolute Gasteiger partial charge is 0.494 e. The zero-order valence-electron chi connectivity index (χ0n) is 52.9. The Morgan fingerprint density at radius 1 is 0.535 bits per heavy atom. The lowest BCUT2D eigenvalue weighted by Crippen LogP contribution is -2.41. The highest BCUT2D eigenvalue weighted by Crippen LogP contribution is 2.42. The van der Waals surface area contributed by atoms with Gasteiger partial charge in [-0.2, -0.15) is 54.8 Å². The number of aromatic nitrogens is 6. The van der Waals surface area contributed by atoms with E-state index in [-0.39, 0.29) is 13.1 Å². The van der Waals surface area contributed by atoms with Crippen LogP contribution in [0, 0.1) is 0 Å². The quantitative estimate of drug-likeness (QED) is 0.0548. The van der Waals surface area contributed by atoms with E-state index in [1.54, 1.807) is 100 Å². The van der Waals surface area contributed by atoms with Crippen LogP contribution in [0.5, 0.6) is 0 Å². The summed E-state index contributed by atoms with van der Waals surface area (Å²) in [6, 6.07) is 39.1. The number of carbonyl (C=O) groups is 2. The Bertz CT molecular complexity index is 4570. The van der Waals surface area contributed by atoms with Crippen LogP contribution in [0.3, 0.4) is 0 Å². The molecule has 0 amide bonds. The molecule has 1 saturated heterocycles. The Kier molecular flexibility index (Phi) is 25.8. The number of hydrogen-bond acceptors (Lipinski definition) is 13. The van der Waals surface area contributed by atoms with Gasteiger partial charge in [-0.15, -0.1) is 79.6 Å². The van der Waals surface area contributed by atoms with Gasteiger partial charge in [0.15, 0.2) is 11.4 Å². The molecular weight excluding hydrogens is 1640 g/mol. The van der Waals surface area contributed by atoms with E-state index in [2.05, 4.69) is 47.2 Å². The second-order valence-electron chi connectivity index (χ2n) is 23.6. The van der Waals surface area contributed by atoms with E-state index in [9.17, 15) is 59.3 Å². The molecular formula is C65H56BBr2Cl4F9N6O6S6. The van der Waals surface area contributed by atoms with Crippen molar-refractivity contribution < 1.29 is 68.6 Å². The molecule has 0 spiro atoms. The first kappa shape index (κ1) is 79.4. The Balaban J connectivity index is 0.000000167. The molecule has 11 aromatic rings. The molecule has 34 heteroatoms. The molecule has 1 aliphatic heterocycles. The smallest absolute Gasteiger partial charge is 0.481 e. The average Bonchev–Trinajstić information content (AvgIpc) is 1.66. The van der Waals surface area contributed by atoms with Gasteiger partial charge in [0.2, 0.25) is 0 Å². The van der Waals surface area contributed by atoms with E-state index in [1.165, 1.54) is 77.4 Å². The fraction of sp³-hybridized carbons (Fsp3) is 0.277. The third kappa shape index (κ3) is 20.5. The number of aromatic amines is 1. The first-order valence-corrected chi connectivity index (χ1v) is 37.1. The maximum atomic E-state index is 13.4. The maximum Gasteiger partial charge on any atom is 0.494 e. The summed E-state index contributed by atoms with van der Waals surface area (Å²) in [5, 5.41) is 32.0. The van der Waals surface area contributed by atoms with Crippen LogP contribution in [0.1, 0.15) is 98.2 Å². The molecule has 0 unspecified atom stereocenters. The molecule has 0 aliphatic carbocycles. The van der Waals surface area contributed by atoms with Gasteiger partial charge in [0.1, 0.15) is 11.4 Å². The Hall–Kier alpha value is -5.32. The van der Waals surface area contributed by atoms with Crippen LogP contribution in [-0.2, 0) is 67.2 Å². The zero-order chi connectivity index (χ0) is 73.0. The van der Waals surface area contributed by atoms with Gasteiger partial charge in [-0.05, 0) is 206 Å². The number of thiophene rings is 6. The molecule has 0 atom stereocenters. The number of alkyl halides is 10. The Morgan fingerprint density at radius 3 is 1.35 bits per heavy atom. The molecule has 3 N–H and O–H groups in total. The summed E-state index contributed by atoms with van der Waals surface area (Å²) in [5.74, 6) is -1.23. The van der Waals surface area contributed by atoms with Gasteiger partial charge < -0.3 is 19.5 Å². The highest BCUT2D eigenvalue weighted by molar-refractivity contribution is 9.11. The summed E-state index contributed by atoms with van der Waals surface area (Å²) in [6.45, 7) is 15.0. The topological polar surface area (TPSA) is 157 Å². The third-order valence-corrected chi connectivity index (χ3v) is 23.8. The lowest BCUT2D eigenvalue weighted by atomic mass is 9.75. The van der Waals surface area contributed by atoms with Gasteiger partial charge >= 0.3 is 37.6 Å². The molecule has 99 heavy (non-hydrogen) atoms. The standard InChI is InChI=1S/C23H18ClF3N2O2S2.C16H23BO4.C13H7BrClF3N2S2.C8H4BrF3N2S.C5H4Cl2S/c1-22(2,21(30)31)14-5-3-4-13(10-14)17-7-8-18(33-17)16-11-19(23(25,26)27)28-29(16)12-15-6-9-20(24)32-15;1-14(2,13(18)19)11-8-7-9-12(10-11)17-20-15(3,4)16(5,6)21-17;14-11-3-2-9(22-11)8-5-10(13(16,17)18)19-20(8)6-7-1-4-12(15)21-7;9-7-2-1-5(15-7)4-3-6(14-13-4)8(10,11)12;6-3-4-1-2-5(7)8-4/h3-11H,12H2,1-2H3,(H,30,31);7-10H,1-6H3,(H,18,19);1-5H,6H2;1-3H,(H,13,14);1-2H,3H2. The molecule has 1 fully saturated rings. The van der Waals surface area contributed by atoms with Crippen molar-refractivity contribution in [2.75, 3.05) is 0 Å². The Labute approximate surface area is 623 Å². The van der Waals surface area contributed by atoms with Crippen LogP contribution in [-0.4, -0.2) is 70.2 Å². The number of rotatable bonds is 14. The van der Waals surface area contributed by atoms with E-state index < -0.39 is 76.7 Å². The van der Waals surface area contributed by atoms with Crippen LogP contribution in [0.4, 0.5) is 39.5 Å². The first-order valence-electron chi connectivity index (χ1n) is 28.9. The van der Waals surface area contributed by atoms with Crippen molar-refractivity contribution >= 4 is 171 Å². The van der Waals surface area contributed by atoms with Crippen molar-refractivity contribution in [3.05, 3.63) is 203 Å². The van der Waals surface area contributed by atoms with Gasteiger partial charge in [0.25, 0.3) is 0 Å². The van der Waals surface area contributed by atoms with E-state index in [0.717, 1.165) is 71.1 Å². The van der Waals surface area contributed by atoms with E-state index in [0.29, 0.717) is 47.0 Å². The molecule has 10 heterocycles. The molecule has 0 radical (unpaired) electrons. The fourth-order valence-electron chi connectivity index (χ4n) is 8.83. The highest BCUT2D eigenvalue weighted by atomic mass is 79.9. The van der Waals surface area contributed by atoms with Crippen molar-refractivity contribution in [3.63, 3.8) is 0 Å². The maximum absolute atomic E-state index is 13.4. The van der Waals surface area contributed by atoms with Crippen LogP contribution in [0.25, 0.3) is 42.2 Å². The van der Waals surface area contributed by atoms with Crippen molar-refractivity contribution in [1.82, 2.24) is 29.8 Å². The minimum Gasteiger partial charge on any atom is -0.481 e. The van der Waals surface area contributed by atoms with Crippen molar-refractivity contribution in [2.24, 2.45) is 0 Å². The minimum atomic E-state index is -4.57. The highest BCUT2D eigenvalue weighted by Gasteiger charge is 2.52. The minimum absolute atomic E-state index is 0.165. The monoisotopic (exact) mass is 1690 g/mol. The average molecular weight is 1690 g/mol. The molecule has 2 aromatic carbocycles. The number of aliphatic carboxylic acids is 2. The second-order valence-corrected chi connectivity index (χ2v) is 35.3. The summed E-state index contributed by atoms with van der Waals surface area (Å²) < 4.78 is 134. The van der Waals surface area contributed by atoms with Crippen molar-refractivity contribution in [3.8, 4) is 42.2 Å². The summed E-state index contributed by atoms with van der Waals surface area (Å²) in [4.78, 5) is 28.6. The number of nitrogens with one attached hydrogen (secondary N) is 1. The van der Waals surface area contributed by atoms with E-state index in [1.807, 2.05) is 81.3 Å². The number of benzene rings is 2. The summed E-state index contributed by atoms with van der Waals surface area (Å²) in [7, 11) is -0.473. The molecule has 12 rings (SSSR count). The van der Waals surface area contributed by atoms with Gasteiger partial charge in [0, 0.05) is 19.5 Å². The molecule has 12 nitrogen and oxygen atoms in total. The van der Waals surface area contributed by atoms with Crippen molar-refractivity contribution in [1.29, 1.82) is 0 Å². The number of hydrogen-bond donors (Lipinski definition) is 3. The summed E-state index contributed by atoms with van der Waals surface area (Å²) in [6.07, 6.45) is -13.4. The second kappa shape index (κ2) is 32.1. The van der Waals surface area contributed by atoms with Crippen LogP contribution < -0.4 is 5.46 Å². The first-order chi connectivity index (χ1) is 46.0. The number of carboxylic acids is 2. The van der Waals surface area contributed by atoms with E-state index in [4.69, 9.17) is 55.7 Å². The lowest BCUT2D eigenvalue weighted by Gasteiger charge is -2.32. The molecule has 0 saturated carbocycles. The predicted molar refractivity (Wildman–Crippen MR) is 388 cm³/mol. The normalized spacial score (nSPS) is 13.7. The number of halogens is 15. The fourth-order valence-corrected chi connectivity index (χ4v) is 15.9. The number of nitrogens with zero attached hydrogens (tertiary/aromatic N) is 5. The van der Waals surface area contributed by atoms with Crippen LogP contribution in [0.15, 0.2) is 147 Å². The number of carboxylic acid groups (broad SMARTS) is 2. The molecule has 0 bridgehead atoms. The molecule has 9 aromatic heterocycles. The molecule has 1 aliphatic rings. The molecule has 526 valence electrons. The zero-order valence-corrected chi connectivity index (χ0v) is 64.0. The summed E-state index contributed by atoms with van der Waals surface area (Å²) >= 11 is 37.6. The predicted octanol–water partition coefficient (Wildman–Crippen LogP) is 23.0. The van der Waals surface area contributed by atoms with Gasteiger partial charge in [-0.3, -0.25) is 24.1 Å². The lowest BCUT2D eigenvalue weighted by molar-refractivity contribution is -0.143. The SMILES string of the molecule is CC(C)(C(=O)O)c1cccc(-c2ccc(-c3cc(C(F)(F)F)nn3Cc3ccc(Cl)s3)s2)c1.CC(C)(C(=O)O)c1cccc(B2OC(C)(C)C(C)(C)O2)c1.ClCc1ccc(Cl)s1.FC(F)(F)c1cc(-c2ccc(Br)s2)n(Cc2ccc(Cl)s2)n1.FC(F)(F)c1cc(-c2ccc(Br)s2)n[nH]1. The van der Waals surface area contributed by atoms with Gasteiger partial charge in [-0.25, -0.2) is 0 Å².